The number of amides is 1. The highest BCUT2D eigenvalue weighted by Gasteiger charge is 2.24. The molecule has 8 heteroatoms. The molecule has 7 nitrogen and oxygen atoms in total. The van der Waals surface area contributed by atoms with Gasteiger partial charge in [-0.05, 0) is 54.4 Å². The Morgan fingerprint density at radius 1 is 1.06 bits per heavy atom. The van der Waals surface area contributed by atoms with E-state index in [4.69, 9.17) is 14.5 Å². The summed E-state index contributed by atoms with van der Waals surface area (Å²) in [6.07, 6.45) is 2.63. The minimum Gasteiger partial charge on any atom is -0.497 e. The zero-order valence-electron chi connectivity index (χ0n) is 19.5. The number of nitrogens with zero attached hydrogens (tertiary/aromatic N) is 4. The Morgan fingerprint density at radius 2 is 1.85 bits per heavy atom. The number of methoxy groups -OCH3 is 2. The number of hydrogen-bond acceptors (Lipinski definition) is 5. The van der Waals surface area contributed by atoms with Crippen LogP contribution in [0, 0.1) is 5.82 Å². The number of ether oxygens (including phenoxy) is 2. The molecule has 0 aliphatic rings. The third kappa shape index (κ3) is 4.85. The van der Waals surface area contributed by atoms with E-state index in [0.29, 0.717) is 17.1 Å². The lowest BCUT2D eigenvalue weighted by Crippen LogP contribution is -2.31. The number of carbonyl (C=O) groups is 1. The number of pyridine rings is 1. The van der Waals surface area contributed by atoms with Crippen LogP contribution >= 0.6 is 0 Å². The average molecular weight is 463 g/mol. The van der Waals surface area contributed by atoms with Crippen molar-refractivity contribution in [3.8, 4) is 11.5 Å². The first-order chi connectivity index (χ1) is 16.5. The monoisotopic (exact) mass is 462 g/mol. The molecule has 2 heterocycles. The van der Waals surface area contributed by atoms with Gasteiger partial charge in [0, 0.05) is 19.3 Å². The maximum atomic E-state index is 13.8. The average Bonchev–Trinajstić information content (AvgIpc) is 3.21. The number of benzene rings is 2. The summed E-state index contributed by atoms with van der Waals surface area (Å²) in [7, 11) is 3.07. The fraction of sp³-hybridized carbons (Fsp3) is 0.269. The topological polar surface area (TPSA) is 69.5 Å². The van der Waals surface area contributed by atoms with E-state index in [1.165, 1.54) is 19.2 Å². The zero-order valence-corrected chi connectivity index (χ0v) is 19.5. The third-order valence-corrected chi connectivity index (χ3v) is 5.57. The molecule has 4 rings (SSSR count). The summed E-state index contributed by atoms with van der Waals surface area (Å²) in [6, 6.07) is 15.0. The van der Waals surface area contributed by atoms with Crippen molar-refractivity contribution in [2.75, 3.05) is 14.2 Å². The van der Waals surface area contributed by atoms with Gasteiger partial charge in [-0.1, -0.05) is 19.1 Å². The Labute approximate surface area is 197 Å². The summed E-state index contributed by atoms with van der Waals surface area (Å²) in [5.41, 5.74) is 2.74. The van der Waals surface area contributed by atoms with Crippen molar-refractivity contribution in [1.82, 2.24) is 19.4 Å². The Hall–Kier alpha value is -3.94. The first kappa shape index (κ1) is 23.2. The molecule has 0 bridgehead atoms. The molecule has 1 amide bonds. The first-order valence-corrected chi connectivity index (χ1v) is 11.1. The van der Waals surface area contributed by atoms with Crippen LogP contribution in [0.1, 0.15) is 35.1 Å². The second-order valence-electron chi connectivity index (χ2n) is 7.88. The number of fused-ring (bicyclic) bond motifs is 1. The van der Waals surface area contributed by atoms with Gasteiger partial charge in [-0.15, -0.1) is 0 Å². The van der Waals surface area contributed by atoms with E-state index in [-0.39, 0.29) is 24.8 Å². The summed E-state index contributed by atoms with van der Waals surface area (Å²) in [6.45, 7) is 3.32. The first-order valence-electron chi connectivity index (χ1n) is 11.1. The second-order valence-corrected chi connectivity index (χ2v) is 7.88. The fourth-order valence-corrected chi connectivity index (χ4v) is 3.92. The largest absolute Gasteiger partial charge is 0.497 e. The molecule has 0 spiro atoms. The number of carbonyl (C=O) groups excluding carboxylic acids is 1. The molecule has 176 valence electrons. The number of rotatable bonds is 9. The van der Waals surface area contributed by atoms with Crippen molar-refractivity contribution in [3.05, 3.63) is 83.6 Å². The van der Waals surface area contributed by atoms with Crippen molar-refractivity contribution < 1.29 is 18.7 Å². The van der Waals surface area contributed by atoms with Gasteiger partial charge in [-0.2, -0.15) is 0 Å². The van der Waals surface area contributed by atoms with Gasteiger partial charge >= 0.3 is 0 Å². The molecule has 0 saturated carbocycles. The van der Waals surface area contributed by atoms with Crippen LogP contribution in [0.25, 0.3) is 11.2 Å². The molecular formula is C26H27FN4O3. The van der Waals surface area contributed by atoms with E-state index >= 15 is 0 Å². The lowest BCUT2D eigenvalue weighted by atomic mass is 10.1. The SMILES string of the molecule is CCCn1c(CN(Cc2ccc(F)cc2)C(=O)c2cc(OC)ccc2OC)nc2cccnc21. The van der Waals surface area contributed by atoms with Gasteiger partial charge in [0.1, 0.15) is 28.7 Å². The number of aromatic nitrogens is 3. The van der Waals surface area contributed by atoms with Gasteiger partial charge < -0.3 is 18.9 Å². The summed E-state index contributed by atoms with van der Waals surface area (Å²) in [4.78, 5) is 24.8. The van der Waals surface area contributed by atoms with Crippen LogP contribution in [-0.4, -0.2) is 39.6 Å². The third-order valence-electron chi connectivity index (χ3n) is 5.57. The van der Waals surface area contributed by atoms with Crippen LogP contribution in [0.4, 0.5) is 4.39 Å². The molecule has 0 unspecified atom stereocenters. The summed E-state index contributed by atoms with van der Waals surface area (Å²) >= 11 is 0. The highest BCUT2D eigenvalue weighted by atomic mass is 19.1. The van der Waals surface area contributed by atoms with Crippen molar-refractivity contribution in [3.63, 3.8) is 0 Å². The Bertz CT molecular complexity index is 1290. The maximum Gasteiger partial charge on any atom is 0.258 e. The normalized spacial score (nSPS) is 10.9. The number of imidazole rings is 1. The van der Waals surface area contributed by atoms with E-state index in [9.17, 15) is 9.18 Å². The van der Waals surface area contributed by atoms with Crippen molar-refractivity contribution >= 4 is 17.1 Å². The van der Waals surface area contributed by atoms with E-state index < -0.39 is 0 Å². The molecule has 0 fully saturated rings. The minimum absolute atomic E-state index is 0.243. The fourth-order valence-electron chi connectivity index (χ4n) is 3.92. The molecule has 34 heavy (non-hydrogen) atoms. The summed E-state index contributed by atoms with van der Waals surface area (Å²) in [5, 5.41) is 0. The number of aryl methyl sites for hydroxylation is 1. The Morgan fingerprint density at radius 3 is 2.56 bits per heavy atom. The van der Waals surface area contributed by atoms with E-state index in [1.807, 2.05) is 16.7 Å². The molecule has 0 N–H and O–H groups in total. The van der Waals surface area contributed by atoms with Crippen molar-refractivity contribution in [2.24, 2.45) is 0 Å². The van der Waals surface area contributed by atoms with E-state index in [2.05, 4.69) is 11.9 Å². The molecule has 2 aromatic carbocycles. The van der Waals surface area contributed by atoms with Crippen molar-refractivity contribution in [1.29, 1.82) is 0 Å². The van der Waals surface area contributed by atoms with Gasteiger partial charge in [-0.25, -0.2) is 14.4 Å². The quantitative estimate of drug-likeness (QED) is 0.356. The molecule has 0 atom stereocenters. The molecule has 4 aromatic rings. The molecular weight excluding hydrogens is 435 g/mol. The standard InChI is InChI=1S/C26H27FN4O3/c1-4-14-31-24(29-22-6-5-13-28-25(22)31)17-30(16-18-7-9-19(27)10-8-18)26(32)21-15-20(33-2)11-12-23(21)34-3/h5-13,15H,4,14,16-17H2,1-3H3. The highest BCUT2D eigenvalue weighted by Crippen LogP contribution is 2.27. The summed E-state index contributed by atoms with van der Waals surface area (Å²) < 4.78 is 26.3. The van der Waals surface area contributed by atoms with Gasteiger partial charge in [0.25, 0.3) is 5.91 Å². The van der Waals surface area contributed by atoms with Crippen LogP contribution in [0.5, 0.6) is 11.5 Å². The van der Waals surface area contributed by atoms with E-state index in [0.717, 1.165) is 35.5 Å². The smallest absolute Gasteiger partial charge is 0.258 e. The predicted octanol–water partition coefficient (Wildman–Crippen LogP) is 4.84. The van der Waals surface area contributed by atoms with Gasteiger partial charge in [0.15, 0.2) is 5.65 Å². The highest BCUT2D eigenvalue weighted by molar-refractivity contribution is 5.97. The second kappa shape index (κ2) is 10.3. The lowest BCUT2D eigenvalue weighted by molar-refractivity contribution is 0.0720. The molecule has 0 aliphatic carbocycles. The van der Waals surface area contributed by atoms with Crippen LogP contribution in [0.3, 0.4) is 0 Å². The Balaban J connectivity index is 1.76. The number of hydrogen-bond donors (Lipinski definition) is 0. The van der Waals surface area contributed by atoms with E-state index in [1.54, 1.807) is 48.5 Å². The predicted molar refractivity (Wildman–Crippen MR) is 127 cm³/mol. The van der Waals surface area contributed by atoms with Gasteiger partial charge in [0.2, 0.25) is 0 Å². The van der Waals surface area contributed by atoms with Crippen LogP contribution in [0.2, 0.25) is 0 Å². The molecule has 2 aromatic heterocycles. The summed E-state index contributed by atoms with van der Waals surface area (Å²) in [5.74, 6) is 1.15. The zero-order chi connectivity index (χ0) is 24.1. The molecule has 0 radical (unpaired) electrons. The van der Waals surface area contributed by atoms with Gasteiger partial charge in [0.05, 0.1) is 26.3 Å². The molecule has 0 aliphatic heterocycles. The Kier molecular flexibility index (Phi) is 7.06. The minimum atomic E-state index is -0.327. The van der Waals surface area contributed by atoms with Crippen LogP contribution < -0.4 is 9.47 Å². The van der Waals surface area contributed by atoms with Gasteiger partial charge in [-0.3, -0.25) is 4.79 Å². The van der Waals surface area contributed by atoms with Crippen LogP contribution in [-0.2, 0) is 19.6 Å². The lowest BCUT2D eigenvalue weighted by Gasteiger charge is -2.24. The maximum absolute atomic E-state index is 13.8. The number of halogens is 1. The molecule has 0 saturated heterocycles. The van der Waals surface area contributed by atoms with Crippen molar-refractivity contribution in [2.45, 2.75) is 33.0 Å². The van der Waals surface area contributed by atoms with Crippen LogP contribution in [0.15, 0.2) is 60.8 Å².